The number of thioether (sulfide) groups is 1. The van der Waals surface area contributed by atoms with Crippen molar-refractivity contribution in [3.8, 4) is 0 Å². The van der Waals surface area contributed by atoms with Crippen LogP contribution in [-0.4, -0.2) is 20.8 Å². The summed E-state index contributed by atoms with van der Waals surface area (Å²) in [5.74, 6) is 0. The highest BCUT2D eigenvalue weighted by Crippen LogP contribution is 2.43. The van der Waals surface area contributed by atoms with Crippen LogP contribution < -0.4 is 0 Å². The maximum Gasteiger partial charge on any atom is 0.0959 e. The lowest BCUT2D eigenvalue weighted by Gasteiger charge is -2.39. The predicted molar refractivity (Wildman–Crippen MR) is 60.0 cm³/mol. The average Bonchev–Trinajstić information content (AvgIpc) is 2.02. The molecular formula is C9H18OS2. The van der Waals surface area contributed by atoms with E-state index in [2.05, 4.69) is 20.4 Å². The van der Waals surface area contributed by atoms with Gasteiger partial charge in [-0.15, -0.1) is 18.3 Å². The Morgan fingerprint density at radius 3 is 1.92 bits per heavy atom. The largest absolute Gasteiger partial charge is 0.258 e. The Hall–Kier alpha value is 0.240. The summed E-state index contributed by atoms with van der Waals surface area (Å²) in [6, 6.07) is 0. The molecule has 2 atom stereocenters. The van der Waals surface area contributed by atoms with Gasteiger partial charge in [0.1, 0.15) is 0 Å². The lowest BCUT2D eigenvalue weighted by molar-refractivity contribution is 0.439. The third-order valence-electron chi connectivity index (χ3n) is 2.62. The normalized spacial score (nSPS) is 19.8. The van der Waals surface area contributed by atoms with Crippen molar-refractivity contribution in [1.29, 1.82) is 0 Å². The van der Waals surface area contributed by atoms with Crippen molar-refractivity contribution >= 4 is 22.6 Å². The Bertz CT molecular complexity index is 199. The minimum Gasteiger partial charge on any atom is -0.258 e. The Balaban J connectivity index is 4.99. The van der Waals surface area contributed by atoms with E-state index in [1.165, 1.54) is 0 Å². The zero-order valence-corrected chi connectivity index (χ0v) is 10.1. The first kappa shape index (κ1) is 12.2. The fraction of sp³-hybridized carbons (Fsp3) is 0.778. The van der Waals surface area contributed by atoms with Crippen LogP contribution in [0.3, 0.4) is 0 Å². The minimum atomic E-state index is -0.847. The van der Waals surface area contributed by atoms with E-state index in [9.17, 15) is 4.21 Å². The van der Waals surface area contributed by atoms with Gasteiger partial charge in [-0.25, -0.2) is 0 Å². The van der Waals surface area contributed by atoms with Crippen LogP contribution in [-0.2, 0) is 10.8 Å². The molecule has 0 aromatic heterocycles. The van der Waals surface area contributed by atoms with Crippen LogP contribution in [0.2, 0.25) is 0 Å². The second-order valence-electron chi connectivity index (χ2n) is 3.53. The molecule has 0 fully saturated rings. The lowest BCUT2D eigenvalue weighted by Crippen LogP contribution is -2.40. The number of rotatable bonds is 4. The molecule has 0 aliphatic carbocycles. The summed E-state index contributed by atoms with van der Waals surface area (Å²) < 4.78 is 11.3. The van der Waals surface area contributed by atoms with Gasteiger partial charge >= 0.3 is 0 Å². The van der Waals surface area contributed by atoms with Gasteiger partial charge < -0.3 is 0 Å². The van der Waals surface area contributed by atoms with Crippen molar-refractivity contribution in [2.24, 2.45) is 5.41 Å². The van der Waals surface area contributed by atoms with E-state index in [1.54, 1.807) is 18.0 Å². The molecule has 0 spiro atoms. The average molecular weight is 206 g/mol. The topological polar surface area (TPSA) is 17.1 Å². The van der Waals surface area contributed by atoms with Crippen molar-refractivity contribution in [2.75, 3.05) is 12.5 Å². The van der Waals surface area contributed by atoms with Crippen LogP contribution in [0.1, 0.15) is 20.8 Å². The minimum absolute atomic E-state index is 0.105. The van der Waals surface area contributed by atoms with Crippen LogP contribution in [0, 0.1) is 5.41 Å². The van der Waals surface area contributed by atoms with Crippen LogP contribution in [0.4, 0.5) is 0 Å². The van der Waals surface area contributed by atoms with Crippen LogP contribution in [0.5, 0.6) is 0 Å². The number of allylic oxidation sites excluding steroid dienone is 1. The SMILES string of the molecule is C=CC(C)(C)C(C)(SC)S(C)=O. The zero-order valence-electron chi connectivity index (χ0n) is 8.51. The third-order valence-corrected chi connectivity index (χ3v) is 6.75. The molecule has 0 aromatic rings. The molecule has 0 aliphatic heterocycles. The Morgan fingerprint density at radius 2 is 1.83 bits per heavy atom. The van der Waals surface area contributed by atoms with Crippen molar-refractivity contribution in [3.63, 3.8) is 0 Å². The number of hydrogen-bond donors (Lipinski definition) is 0. The van der Waals surface area contributed by atoms with Gasteiger partial charge in [0.15, 0.2) is 0 Å². The first-order valence-electron chi connectivity index (χ1n) is 3.84. The zero-order chi connectivity index (χ0) is 9.99. The highest BCUT2D eigenvalue weighted by Gasteiger charge is 2.41. The summed E-state index contributed by atoms with van der Waals surface area (Å²) in [5, 5.41) is 0. The predicted octanol–water partition coefficient (Wildman–Crippen LogP) is 2.66. The van der Waals surface area contributed by atoms with E-state index in [1.807, 2.05) is 19.3 Å². The Labute approximate surface area is 82.5 Å². The molecule has 0 saturated carbocycles. The van der Waals surface area contributed by atoms with Crippen molar-refractivity contribution in [2.45, 2.75) is 24.9 Å². The molecule has 0 radical (unpaired) electrons. The quantitative estimate of drug-likeness (QED) is 0.658. The Kier molecular flexibility index (Phi) is 4.04. The molecule has 0 aromatic carbocycles. The van der Waals surface area contributed by atoms with Crippen LogP contribution in [0.25, 0.3) is 0 Å². The molecular weight excluding hydrogens is 188 g/mol. The van der Waals surface area contributed by atoms with E-state index in [0.29, 0.717) is 0 Å². The van der Waals surface area contributed by atoms with Crippen molar-refractivity contribution < 1.29 is 4.21 Å². The molecule has 0 N–H and O–H groups in total. The fourth-order valence-corrected chi connectivity index (χ4v) is 3.31. The Morgan fingerprint density at radius 1 is 1.42 bits per heavy atom. The van der Waals surface area contributed by atoms with Gasteiger partial charge in [0.2, 0.25) is 0 Å². The van der Waals surface area contributed by atoms with Gasteiger partial charge in [-0.05, 0) is 13.2 Å². The van der Waals surface area contributed by atoms with Crippen molar-refractivity contribution in [1.82, 2.24) is 0 Å². The molecule has 0 aliphatic rings. The van der Waals surface area contributed by atoms with E-state index in [4.69, 9.17) is 0 Å². The third kappa shape index (κ3) is 1.94. The molecule has 0 heterocycles. The second kappa shape index (κ2) is 3.97. The van der Waals surface area contributed by atoms with Crippen molar-refractivity contribution in [3.05, 3.63) is 12.7 Å². The van der Waals surface area contributed by atoms with Gasteiger partial charge in [-0.3, -0.25) is 4.21 Å². The first-order valence-corrected chi connectivity index (χ1v) is 6.62. The summed E-state index contributed by atoms with van der Waals surface area (Å²) in [6.07, 6.45) is 5.62. The first-order chi connectivity index (χ1) is 5.31. The van der Waals surface area contributed by atoms with Crippen LogP contribution >= 0.6 is 11.8 Å². The van der Waals surface area contributed by atoms with Gasteiger partial charge in [0.05, 0.1) is 4.08 Å². The highest BCUT2D eigenvalue weighted by molar-refractivity contribution is 8.11. The van der Waals surface area contributed by atoms with Gasteiger partial charge in [-0.2, -0.15) is 0 Å². The van der Waals surface area contributed by atoms with E-state index in [-0.39, 0.29) is 9.49 Å². The standard InChI is InChI=1S/C9H18OS2/c1-7-8(2,3)9(4,11-5)12(6)10/h7H,1H2,2-6H3. The molecule has 0 bridgehead atoms. The smallest absolute Gasteiger partial charge is 0.0959 e. The summed E-state index contributed by atoms with van der Waals surface area (Å²) in [6.45, 7) is 9.94. The summed E-state index contributed by atoms with van der Waals surface area (Å²) in [7, 11) is -0.847. The molecule has 0 amide bonds. The molecule has 1 nitrogen and oxygen atoms in total. The summed E-state index contributed by atoms with van der Waals surface area (Å²) in [5.41, 5.74) is -0.105. The number of hydrogen-bond acceptors (Lipinski definition) is 2. The summed E-state index contributed by atoms with van der Waals surface area (Å²) in [4.78, 5) is 0. The van der Waals surface area contributed by atoms with Gasteiger partial charge in [0.25, 0.3) is 0 Å². The van der Waals surface area contributed by atoms with E-state index < -0.39 is 10.8 Å². The van der Waals surface area contributed by atoms with E-state index >= 15 is 0 Å². The molecule has 2 unspecified atom stereocenters. The molecule has 12 heavy (non-hydrogen) atoms. The maximum absolute atomic E-state index is 11.5. The fourth-order valence-electron chi connectivity index (χ4n) is 0.936. The van der Waals surface area contributed by atoms with E-state index in [0.717, 1.165) is 0 Å². The highest BCUT2D eigenvalue weighted by atomic mass is 32.2. The molecule has 0 rings (SSSR count). The molecule has 72 valence electrons. The van der Waals surface area contributed by atoms with Gasteiger partial charge in [0, 0.05) is 22.5 Å². The van der Waals surface area contributed by atoms with Gasteiger partial charge in [-0.1, -0.05) is 19.9 Å². The summed E-state index contributed by atoms with van der Waals surface area (Å²) >= 11 is 1.64. The second-order valence-corrected chi connectivity index (χ2v) is 6.74. The maximum atomic E-state index is 11.5. The van der Waals surface area contributed by atoms with Crippen LogP contribution in [0.15, 0.2) is 12.7 Å². The molecule has 0 saturated heterocycles. The lowest BCUT2D eigenvalue weighted by atomic mass is 9.89. The monoisotopic (exact) mass is 206 g/mol. The molecule has 3 heteroatoms.